The van der Waals surface area contributed by atoms with E-state index in [4.69, 9.17) is 17.2 Å². The first kappa shape index (κ1) is 69.2. The first-order valence-corrected chi connectivity index (χ1v) is 25.7. The molecular weight excluding hydrogens is 1040 g/mol. The van der Waals surface area contributed by atoms with Gasteiger partial charge in [0.2, 0.25) is 59.1 Å². The predicted octanol–water partition coefficient (Wildman–Crippen LogP) is -4.28. The van der Waals surface area contributed by atoms with Crippen molar-refractivity contribution in [1.29, 1.82) is 0 Å². The topological polar surface area (TPSA) is 489 Å². The molecule has 1 rings (SSSR count). The summed E-state index contributed by atoms with van der Waals surface area (Å²) in [6, 6.07) is -5.80. The second-order valence-corrected chi connectivity index (χ2v) is 19.8. The van der Waals surface area contributed by atoms with Crippen LogP contribution < -0.4 is 65.1 Å². The van der Waals surface area contributed by atoms with Gasteiger partial charge >= 0.3 is 17.9 Å². The highest BCUT2D eigenvalue weighted by Gasteiger charge is 2.37. The van der Waals surface area contributed by atoms with Crippen LogP contribution in [0.3, 0.4) is 0 Å². The predicted molar refractivity (Wildman–Crippen MR) is 281 cm³/mol. The van der Waals surface area contributed by atoms with E-state index in [0.29, 0.717) is 18.4 Å². The largest absolute Gasteiger partial charge is 0.481 e. The number of hydrogen-bond donors (Lipinski definition) is 16. The van der Waals surface area contributed by atoms with Crippen LogP contribution in [0.15, 0.2) is 30.3 Å². The zero-order valence-electron chi connectivity index (χ0n) is 45.5. The van der Waals surface area contributed by atoms with Crippen molar-refractivity contribution in [2.45, 2.75) is 167 Å². The number of aliphatic carboxylic acids is 3. The quantitative estimate of drug-likeness (QED) is 0.0280. The molecule has 1 aromatic carbocycles. The van der Waals surface area contributed by atoms with Crippen molar-refractivity contribution in [1.82, 2.24) is 47.9 Å². The molecule has 0 bridgehead atoms. The molecule has 0 unspecified atom stereocenters. The van der Waals surface area contributed by atoms with E-state index in [1.54, 1.807) is 65.0 Å². The highest BCUT2D eigenvalue weighted by atomic mass is 16.4. The molecule has 0 aliphatic heterocycles. The molecule has 1 aromatic rings. The van der Waals surface area contributed by atoms with Gasteiger partial charge in [-0.15, -0.1) is 0 Å². The molecule has 0 saturated carbocycles. The van der Waals surface area contributed by atoms with E-state index in [1.165, 1.54) is 0 Å². The Bertz CT molecular complexity index is 2290. The van der Waals surface area contributed by atoms with Gasteiger partial charge in [-0.1, -0.05) is 78.3 Å². The van der Waals surface area contributed by atoms with E-state index >= 15 is 0 Å². The first-order valence-electron chi connectivity index (χ1n) is 25.7. The van der Waals surface area contributed by atoms with Crippen LogP contribution in [0.5, 0.6) is 0 Å². The third-order valence-electron chi connectivity index (χ3n) is 12.2. The van der Waals surface area contributed by atoms with Crippen LogP contribution >= 0.6 is 0 Å². The lowest BCUT2D eigenvalue weighted by atomic mass is 9.98. The number of benzene rings is 1. The lowest BCUT2D eigenvalue weighted by Crippen LogP contribution is -2.61. The maximum Gasteiger partial charge on any atom is 0.326 e. The Balaban J connectivity index is 3.33. The van der Waals surface area contributed by atoms with Gasteiger partial charge in [-0.05, 0) is 62.5 Å². The molecule has 442 valence electrons. The molecular formula is C50H80N12O17. The fourth-order valence-corrected chi connectivity index (χ4v) is 7.52. The summed E-state index contributed by atoms with van der Waals surface area (Å²) in [5, 5.41) is 59.9. The van der Waals surface area contributed by atoms with Crippen molar-refractivity contribution < 1.29 is 82.8 Å². The first-order chi connectivity index (χ1) is 36.9. The van der Waals surface area contributed by atoms with Crippen LogP contribution in [-0.4, -0.2) is 171 Å². The van der Waals surface area contributed by atoms with Gasteiger partial charge in [0, 0.05) is 6.42 Å². The number of carbonyl (C=O) groups excluding carboxylic acids is 10. The summed E-state index contributed by atoms with van der Waals surface area (Å²) < 4.78 is 0. The Labute approximate surface area is 457 Å². The highest BCUT2D eigenvalue weighted by Crippen LogP contribution is 2.12. The molecule has 0 aromatic heterocycles. The molecule has 29 heteroatoms. The van der Waals surface area contributed by atoms with Gasteiger partial charge < -0.3 is 85.5 Å². The normalized spacial score (nSPS) is 15.3. The molecule has 0 heterocycles. The number of carbonyl (C=O) groups is 13. The molecule has 0 radical (unpaired) electrons. The molecule has 0 aliphatic rings. The average Bonchev–Trinajstić information content (AvgIpc) is 3.36. The Morgan fingerprint density at radius 3 is 1.48 bits per heavy atom. The number of aliphatic hydroxyl groups excluding tert-OH is 1. The van der Waals surface area contributed by atoms with Crippen molar-refractivity contribution in [2.75, 3.05) is 13.1 Å². The fraction of sp³-hybridized carbons (Fsp3) is 0.620. The number of nitrogens with two attached hydrogens (primary N) is 3. The van der Waals surface area contributed by atoms with Gasteiger partial charge in [0.05, 0.1) is 38.0 Å². The number of nitrogens with one attached hydrogen (secondary N) is 9. The minimum atomic E-state index is -2.07. The van der Waals surface area contributed by atoms with E-state index in [0.717, 1.165) is 6.92 Å². The van der Waals surface area contributed by atoms with Gasteiger partial charge in [0.25, 0.3) is 0 Å². The number of unbranched alkanes of at least 4 members (excludes halogenated alkanes) is 1. The van der Waals surface area contributed by atoms with Crippen LogP contribution in [0.1, 0.15) is 105 Å². The van der Waals surface area contributed by atoms with E-state index in [9.17, 15) is 82.8 Å². The number of rotatable bonds is 37. The molecule has 79 heavy (non-hydrogen) atoms. The monoisotopic (exact) mass is 1120 g/mol. The van der Waals surface area contributed by atoms with Gasteiger partial charge in [-0.3, -0.25) is 57.5 Å². The number of primary amides is 1. The molecule has 11 atom stereocenters. The second-order valence-electron chi connectivity index (χ2n) is 19.8. The molecule has 0 aliphatic carbocycles. The number of carboxylic acids is 3. The third kappa shape index (κ3) is 25.9. The Morgan fingerprint density at radius 2 is 1.01 bits per heavy atom. The number of hydrogen-bond acceptors (Lipinski definition) is 16. The standard InChI is InChI=1S/C50H80N12O17/c1-8-26(6)39(53)47(75)59-32(20-35(52)64)43(71)56-30(18-24(2)3)42(70)57-31(19-28-14-10-9-11-15-28)46(74)62-40(25(4)5)48(76)54-23-36(65)61-41(27(7)63)49(77)60-34(22-38(68)69)45(73)58-33(21-37(66)67)44(72)55-29(50(78)79)16-12-13-17-51/h9-11,14-15,24-27,29-34,39-41,63H,8,12-13,16-23,51,53H2,1-7H3,(H2,52,64)(H,54,76)(H,55,72)(H,56,71)(H,57,70)(H,58,73)(H,59,75)(H,60,77)(H,61,65)(H,62,74)(H,66,67)(H,68,69)(H,78,79)/t26-,27+,29-,30-,31-,32-,33-,34-,39-,40-,41-/m0/s1. The fourth-order valence-electron chi connectivity index (χ4n) is 7.52. The second kappa shape index (κ2) is 34.9. The highest BCUT2D eigenvalue weighted by molar-refractivity contribution is 6.00. The van der Waals surface area contributed by atoms with Crippen molar-refractivity contribution in [2.24, 2.45) is 35.0 Å². The number of carboxylic acid groups (broad SMARTS) is 3. The van der Waals surface area contributed by atoms with E-state index in [-0.39, 0.29) is 44.1 Å². The molecule has 29 nitrogen and oxygen atoms in total. The van der Waals surface area contributed by atoms with Gasteiger partial charge in [-0.25, -0.2) is 4.79 Å². The van der Waals surface area contributed by atoms with Crippen LogP contribution in [0.25, 0.3) is 0 Å². The maximum atomic E-state index is 14.2. The molecule has 10 amide bonds. The summed E-state index contributed by atoms with van der Waals surface area (Å²) in [7, 11) is 0. The molecule has 19 N–H and O–H groups in total. The maximum absolute atomic E-state index is 14.2. The molecule has 0 spiro atoms. The average molecular weight is 1120 g/mol. The molecule has 0 fully saturated rings. The minimum absolute atomic E-state index is 0.0135. The minimum Gasteiger partial charge on any atom is -0.481 e. The summed E-state index contributed by atoms with van der Waals surface area (Å²) in [6.07, 6.45) is -3.71. The summed E-state index contributed by atoms with van der Waals surface area (Å²) in [5.74, 6) is -16.4. The van der Waals surface area contributed by atoms with Crippen molar-refractivity contribution in [3.8, 4) is 0 Å². The summed E-state index contributed by atoms with van der Waals surface area (Å²) in [6.45, 7) is 10.5. The third-order valence-corrected chi connectivity index (χ3v) is 12.2. The SMILES string of the molecule is CC[C@H](C)[C@H](N)C(=O)N[C@@H](CC(N)=O)C(=O)N[C@@H](CC(C)C)C(=O)N[C@@H](Cc1ccccc1)C(=O)N[C@H](C(=O)NCC(=O)N[C@H](C(=O)N[C@@H](CC(=O)O)C(=O)N[C@@H](CC(=O)O)C(=O)N[C@@H](CCCCN)C(=O)O)[C@@H](C)O)C(C)C. The summed E-state index contributed by atoms with van der Waals surface area (Å²) in [5.41, 5.74) is 17.4. The van der Waals surface area contributed by atoms with E-state index in [2.05, 4.69) is 37.2 Å². The van der Waals surface area contributed by atoms with Crippen LogP contribution in [-0.2, 0) is 68.7 Å². The Hall–Kier alpha value is -7.79. The van der Waals surface area contributed by atoms with E-state index < -0.39 is 169 Å². The molecule has 0 saturated heterocycles. The van der Waals surface area contributed by atoms with Crippen LogP contribution in [0, 0.1) is 17.8 Å². The lowest BCUT2D eigenvalue weighted by Gasteiger charge is -2.28. The Morgan fingerprint density at radius 1 is 0.544 bits per heavy atom. The number of aliphatic hydroxyl groups is 1. The van der Waals surface area contributed by atoms with Crippen molar-refractivity contribution >= 4 is 77.0 Å². The van der Waals surface area contributed by atoms with Crippen LogP contribution in [0.2, 0.25) is 0 Å². The van der Waals surface area contributed by atoms with Crippen molar-refractivity contribution in [3.05, 3.63) is 35.9 Å². The van der Waals surface area contributed by atoms with E-state index in [1.807, 2.05) is 17.6 Å². The summed E-state index contributed by atoms with van der Waals surface area (Å²) >= 11 is 0. The van der Waals surface area contributed by atoms with Crippen LogP contribution in [0.4, 0.5) is 0 Å². The zero-order valence-corrected chi connectivity index (χ0v) is 45.5. The van der Waals surface area contributed by atoms with Crippen molar-refractivity contribution in [3.63, 3.8) is 0 Å². The number of amides is 10. The smallest absolute Gasteiger partial charge is 0.326 e. The zero-order chi connectivity index (χ0) is 60.3. The Kier molecular flexibility index (Phi) is 30.6. The van der Waals surface area contributed by atoms with Gasteiger partial charge in [-0.2, -0.15) is 0 Å². The van der Waals surface area contributed by atoms with Gasteiger partial charge in [0.1, 0.15) is 48.3 Å². The summed E-state index contributed by atoms with van der Waals surface area (Å²) in [4.78, 5) is 169. The lowest BCUT2D eigenvalue weighted by molar-refractivity contribution is -0.145. The van der Waals surface area contributed by atoms with Gasteiger partial charge in [0.15, 0.2) is 0 Å².